The highest BCUT2D eigenvalue weighted by atomic mass is 19.1. The number of hydrogen-bond acceptors (Lipinski definition) is 5. The number of hydrogen-bond donors (Lipinski definition) is 2. The zero-order chi connectivity index (χ0) is 17.8. The molecule has 1 aromatic carbocycles. The summed E-state index contributed by atoms with van der Waals surface area (Å²) in [6.07, 6.45) is 3.84. The summed E-state index contributed by atoms with van der Waals surface area (Å²) in [6, 6.07) is 5.44. The number of benzene rings is 1. The molecule has 25 heavy (non-hydrogen) atoms. The van der Waals surface area contributed by atoms with Crippen molar-refractivity contribution in [3.8, 4) is 0 Å². The summed E-state index contributed by atoms with van der Waals surface area (Å²) in [5.74, 6) is 0.757. The Bertz CT molecular complexity index is 761. The Morgan fingerprint density at radius 3 is 2.52 bits per heavy atom. The molecule has 0 spiro atoms. The fourth-order valence-corrected chi connectivity index (χ4v) is 2.70. The fraction of sp³-hybridized carbons (Fsp3) is 0.353. The Morgan fingerprint density at radius 2 is 1.84 bits per heavy atom. The number of aromatic nitrogens is 2. The molecular formula is C17H21FN6O. The van der Waals surface area contributed by atoms with Crippen LogP contribution < -0.4 is 20.4 Å². The first kappa shape index (κ1) is 16.9. The Morgan fingerprint density at radius 1 is 1.16 bits per heavy atom. The molecule has 2 amide bonds. The Labute approximate surface area is 145 Å². The largest absolute Gasteiger partial charge is 0.361 e. The van der Waals surface area contributed by atoms with Crippen molar-refractivity contribution in [2.24, 2.45) is 0 Å². The zero-order valence-corrected chi connectivity index (χ0v) is 14.3. The third-order valence-corrected chi connectivity index (χ3v) is 3.94. The van der Waals surface area contributed by atoms with Crippen molar-refractivity contribution in [3.63, 3.8) is 0 Å². The molecule has 2 N–H and O–H groups in total. The van der Waals surface area contributed by atoms with Crippen LogP contribution in [-0.2, 0) is 0 Å². The van der Waals surface area contributed by atoms with Crippen LogP contribution in [0, 0.1) is 5.82 Å². The lowest BCUT2D eigenvalue weighted by molar-refractivity contribution is 0.262. The number of carbonyl (C=O) groups is 1. The first-order valence-corrected chi connectivity index (χ1v) is 8.16. The average molecular weight is 344 g/mol. The molecule has 1 aromatic heterocycles. The summed E-state index contributed by atoms with van der Waals surface area (Å²) in [6.45, 7) is 1.88. The van der Waals surface area contributed by atoms with Crippen molar-refractivity contribution in [2.75, 3.05) is 47.6 Å². The number of anilines is 4. The van der Waals surface area contributed by atoms with Gasteiger partial charge in [0, 0.05) is 27.2 Å². The predicted molar refractivity (Wildman–Crippen MR) is 96.8 cm³/mol. The summed E-state index contributed by atoms with van der Waals surface area (Å²) in [5, 5.41) is 5.17. The highest BCUT2D eigenvalue weighted by Gasteiger charge is 2.18. The average Bonchev–Trinajstić information content (AvgIpc) is 3.11. The van der Waals surface area contributed by atoms with Gasteiger partial charge in [-0.3, -0.25) is 0 Å². The lowest BCUT2D eigenvalue weighted by atomic mass is 10.3. The van der Waals surface area contributed by atoms with Crippen molar-refractivity contribution < 1.29 is 9.18 Å². The van der Waals surface area contributed by atoms with E-state index < -0.39 is 11.8 Å². The zero-order valence-electron chi connectivity index (χ0n) is 14.3. The monoisotopic (exact) mass is 344 g/mol. The molecular weight excluding hydrogens is 323 g/mol. The van der Waals surface area contributed by atoms with Gasteiger partial charge in [-0.15, -0.1) is 0 Å². The van der Waals surface area contributed by atoms with E-state index in [4.69, 9.17) is 0 Å². The van der Waals surface area contributed by atoms with Crippen LogP contribution in [0.2, 0.25) is 0 Å². The van der Waals surface area contributed by atoms with Gasteiger partial charge in [-0.05, 0) is 25.0 Å². The number of nitrogens with zero attached hydrogens (tertiary/aromatic N) is 4. The highest BCUT2D eigenvalue weighted by molar-refractivity contribution is 6.01. The van der Waals surface area contributed by atoms with Crippen LogP contribution in [0.4, 0.5) is 32.3 Å². The highest BCUT2D eigenvalue weighted by Crippen LogP contribution is 2.25. The number of nitrogens with one attached hydrogen (secondary N) is 2. The molecule has 0 saturated carbocycles. The summed E-state index contributed by atoms with van der Waals surface area (Å²) in [7, 11) is 3.69. The van der Waals surface area contributed by atoms with E-state index in [9.17, 15) is 9.18 Å². The minimum absolute atomic E-state index is 0.112. The molecule has 132 valence electrons. The van der Waals surface area contributed by atoms with Crippen LogP contribution in [0.25, 0.3) is 0 Å². The maximum atomic E-state index is 13.6. The van der Waals surface area contributed by atoms with Crippen molar-refractivity contribution in [3.05, 3.63) is 36.3 Å². The van der Waals surface area contributed by atoms with Gasteiger partial charge in [0.25, 0.3) is 0 Å². The summed E-state index contributed by atoms with van der Waals surface area (Å²) in [5.41, 5.74) is 0.572. The van der Waals surface area contributed by atoms with E-state index in [0.29, 0.717) is 17.5 Å². The first-order valence-electron chi connectivity index (χ1n) is 8.16. The maximum absolute atomic E-state index is 13.6. The quantitative estimate of drug-likeness (QED) is 0.892. The minimum atomic E-state index is -0.550. The molecule has 1 saturated heterocycles. The molecule has 2 heterocycles. The molecule has 8 heteroatoms. The van der Waals surface area contributed by atoms with Crippen LogP contribution in [0.3, 0.4) is 0 Å². The second-order valence-electron chi connectivity index (χ2n) is 6.05. The van der Waals surface area contributed by atoms with Gasteiger partial charge in [0.15, 0.2) is 5.82 Å². The first-order chi connectivity index (χ1) is 12.0. The smallest absolute Gasteiger partial charge is 0.323 e. The van der Waals surface area contributed by atoms with Crippen molar-refractivity contribution in [2.45, 2.75) is 12.8 Å². The summed E-state index contributed by atoms with van der Waals surface area (Å²) in [4.78, 5) is 25.0. The predicted octanol–water partition coefficient (Wildman–Crippen LogP) is 2.93. The molecule has 0 aliphatic carbocycles. The van der Waals surface area contributed by atoms with Crippen LogP contribution in [-0.4, -0.2) is 43.2 Å². The number of urea groups is 1. The number of amides is 2. The minimum Gasteiger partial charge on any atom is -0.361 e. The molecule has 0 atom stereocenters. The van der Waals surface area contributed by atoms with Crippen LogP contribution in [0.1, 0.15) is 12.8 Å². The summed E-state index contributed by atoms with van der Waals surface area (Å²) < 4.78 is 13.6. The van der Waals surface area contributed by atoms with Gasteiger partial charge in [-0.1, -0.05) is 12.1 Å². The third-order valence-electron chi connectivity index (χ3n) is 3.94. The number of rotatable bonds is 4. The van der Waals surface area contributed by atoms with E-state index in [1.807, 2.05) is 14.1 Å². The second kappa shape index (κ2) is 7.33. The van der Waals surface area contributed by atoms with E-state index in [0.717, 1.165) is 25.9 Å². The molecule has 0 radical (unpaired) electrons. The topological polar surface area (TPSA) is 73.4 Å². The van der Waals surface area contributed by atoms with Crippen molar-refractivity contribution in [1.29, 1.82) is 0 Å². The SMILES string of the molecule is CN(C)c1nc(N2CCCC2)ncc1NC(=O)Nc1ccccc1F. The lowest BCUT2D eigenvalue weighted by Gasteiger charge is -2.21. The van der Waals surface area contributed by atoms with Gasteiger partial charge in [0.05, 0.1) is 11.9 Å². The molecule has 7 nitrogen and oxygen atoms in total. The maximum Gasteiger partial charge on any atom is 0.323 e. The fourth-order valence-electron chi connectivity index (χ4n) is 2.70. The van der Waals surface area contributed by atoms with Crippen LogP contribution in [0.5, 0.6) is 0 Å². The Hall–Kier alpha value is -2.90. The number of para-hydroxylation sites is 1. The molecule has 1 fully saturated rings. The van der Waals surface area contributed by atoms with Crippen molar-refractivity contribution >= 4 is 29.2 Å². The number of halogens is 1. The van der Waals surface area contributed by atoms with Crippen molar-refractivity contribution in [1.82, 2.24) is 9.97 Å². The molecule has 0 unspecified atom stereocenters. The van der Waals surface area contributed by atoms with E-state index >= 15 is 0 Å². The van der Waals surface area contributed by atoms with E-state index in [2.05, 4.69) is 25.5 Å². The van der Waals surface area contributed by atoms with Gasteiger partial charge < -0.3 is 20.4 Å². The molecule has 2 aromatic rings. The molecule has 1 aliphatic heterocycles. The van der Waals surface area contributed by atoms with E-state index in [1.54, 1.807) is 23.2 Å². The number of carbonyl (C=O) groups excluding carboxylic acids is 1. The van der Waals surface area contributed by atoms with Gasteiger partial charge >= 0.3 is 6.03 Å². The van der Waals surface area contributed by atoms with Crippen LogP contribution >= 0.6 is 0 Å². The van der Waals surface area contributed by atoms with Gasteiger partial charge in [-0.25, -0.2) is 14.2 Å². The summed E-state index contributed by atoms with van der Waals surface area (Å²) >= 11 is 0. The molecule has 1 aliphatic rings. The van der Waals surface area contributed by atoms with E-state index in [-0.39, 0.29) is 5.69 Å². The molecule has 0 bridgehead atoms. The molecule has 3 rings (SSSR count). The van der Waals surface area contributed by atoms with Gasteiger partial charge in [-0.2, -0.15) is 4.98 Å². The Balaban J connectivity index is 1.76. The third kappa shape index (κ3) is 3.96. The van der Waals surface area contributed by atoms with Gasteiger partial charge in [0.1, 0.15) is 11.5 Å². The van der Waals surface area contributed by atoms with E-state index in [1.165, 1.54) is 12.1 Å². The van der Waals surface area contributed by atoms with Crippen LogP contribution in [0.15, 0.2) is 30.5 Å². The normalized spacial score (nSPS) is 13.6. The second-order valence-corrected chi connectivity index (χ2v) is 6.05. The Kier molecular flexibility index (Phi) is 4.97. The standard InChI is InChI=1S/C17H21FN6O/c1-23(2)15-14(11-19-16(22-15)24-9-5-6-10-24)21-17(25)20-13-8-4-3-7-12(13)18/h3-4,7-8,11H,5-6,9-10H2,1-2H3,(H2,20,21,25). The lowest BCUT2D eigenvalue weighted by Crippen LogP contribution is -2.25. The van der Waals surface area contributed by atoms with Gasteiger partial charge in [0.2, 0.25) is 5.95 Å².